The Kier molecular flexibility index (Phi) is 8.62. The summed E-state index contributed by atoms with van der Waals surface area (Å²) in [6.45, 7) is 0. The quantitative estimate of drug-likeness (QED) is 0.147. The molecule has 14 rings (SSSR count). The largest absolute Gasteiger partial charge is 0.309 e. The maximum atomic E-state index is 2.47. The van der Waals surface area contributed by atoms with Crippen LogP contribution in [-0.4, -0.2) is 9.13 Å². The minimum atomic E-state index is 1.15. The smallest absolute Gasteiger partial charge is 0.0547 e. The van der Waals surface area contributed by atoms with Crippen molar-refractivity contribution in [3.05, 3.63) is 255 Å². The van der Waals surface area contributed by atoms with Crippen LogP contribution in [0.4, 0.5) is 0 Å². The van der Waals surface area contributed by atoms with Crippen LogP contribution in [0.1, 0.15) is 0 Å². The molecular formula is C66H42N2. The first-order valence-corrected chi connectivity index (χ1v) is 23.5. The second-order valence-electron chi connectivity index (χ2n) is 18.0. The number of para-hydroxylation sites is 4. The van der Waals surface area contributed by atoms with Crippen LogP contribution in [0, 0.1) is 0 Å². The van der Waals surface area contributed by atoms with Gasteiger partial charge in [0.15, 0.2) is 0 Å². The van der Waals surface area contributed by atoms with E-state index in [0.717, 1.165) is 11.4 Å². The van der Waals surface area contributed by atoms with Crippen molar-refractivity contribution in [2.75, 3.05) is 0 Å². The van der Waals surface area contributed by atoms with Crippen molar-refractivity contribution in [2.45, 2.75) is 0 Å². The van der Waals surface area contributed by atoms with Crippen LogP contribution in [0.2, 0.25) is 0 Å². The summed E-state index contributed by atoms with van der Waals surface area (Å²) in [4.78, 5) is 0. The van der Waals surface area contributed by atoms with E-state index in [-0.39, 0.29) is 0 Å². The fourth-order valence-corrected chi connectivity index (χ4v) is 11.3. The molecule has 2 nitrogen and oxygen atoms in total. The van der Waals surface area contributed by atoms with Gasteiger partial charge in [-0.3, -0.25) is 0 Å². The standard InChI is InChI=1S/C66H42N2/c1-4-17-43(18-5-1)50-26-14-19-44-39-47(35-36-53(44)50)66-58-29-15-27-51(45-33-37-56-54-24-10-12-31-62(54)67(64(56)40-45)48-20-6-2-7-21-48)60(58)42-61-52(28-16-30-59(61)66)46-34-38-57-55-25-11-13-32-63(55)68(65(57)41-46)49-22-8-3-9-23-49/h1-42H. The van der Waals surface area contributed by atoms with E-state index in [1.54, 1.807) is 0 Å². The van der Waals surface area contributed by atoms with Crippen LogP contribution in [0.3, 0.4) is 0 Å². The molecule has 0 aliphatic carbocycles. The molecule has 0 radical (unpaired) electrons. The van der Waals surface area contributed by atoms with Gasteiger partial charge in [-0.25, -0.2) is 0 Å². The highest BCUT2D eigenvalue weighted by Crippen LogP contribution is 2.46. The molecule has 68 heavy (non-hydrogen) atoms. The third-order valence-electron chi connectivity index (χ3n) is 14.3. The first kappa shape index (κ1) is 38.3. The molecule has 0 atom stereocenters. The molecule has 2 heterocycles. The van der Waals surface area contributed by atoms with Gasteiger partial charge in [-0.15, -0.1) is 0 Å². The number of nitrogens with zero attached hydrogens (tertiary/aromatic N) is 2. The van der Waals surface area contributed by atoms with Gasteiger partial charge in [0, 0.05) is 32.9 Å². The van der Waals surface area contributed by atoms with E-state index in [1.165, 1.54) is 120 Å². The third kappa shape index (κ3) is 5.91. The zero-order valence-corrected chi connectivity index (χ0v) is 37.1. The summed E-state index contributed by atoms with van der Waals surface area (Å²) in [5.74, 6) is 0. The van der Waals surface area contributed by atoms with Crippen molar-refractivity contribution in [3.8, 4) is 55.9 Å². The molecule has 0 amide bonds. The first-order valence-electron chi connectivity index (χ1n) is 23.5. The lowest BCUT2D eigenvalue weighted by Crippen LogP contribution is -1.94. The second-order valence-corrected chi connectivity index (χ2v) is 18.0. The number of rotatable bonds is 6. The Labute approximate surface area is 393 Å². The Morgan fingerprint density at radius 1 is 0.206 bits per heavy atom. The normalized spacial score (nSPS) is 11.8. The minimum Gasteiger partial charge on any atom is -0.309 e. The molecule has 14 aromatic rings. The van der Waals surface area contributed by atoms with Gasteiger partial charge in [0.05, 0.1) is 22.1 Å². The summed E-state index contributed by atoms with van der Waals surface area (Å²) in [7, 11) is 0. The van der Waals surface area contributed by atoms with Gasteiger partial charge in [-0.1, -0.05) is 194 Å². The van der Waals surface area contributed by atoms with Crippen LogP contribution in [0.15, 0.2) is 255 Å². The molecule has 0 fully saturated rings. The lowest BCUT2D eigenvalue weighted by Gasteiger charge is -2.18. The van der Waals surface area contributed by atoms with Gasteiger partial charge in [0.2, 0.25) is 0 Å². The Morgan fingerprint density at radius 2 is 0.618 bits per heavy atom. The number of hydrogen-bond acceptors (Lipinski definition) is 0. The summed E-state index contributed by atoms with van der Waals surface area (Å²) in [5.41, 5.74) is 16.8. The molecule has 12 aromatic carbocycles. The second kappa shape index (κ2) is 15.3. The SMILES string of the molecule is c1ccc(-c2cccc3cc(-c4c5cccc(-c6ccc7c8ccccc8n(-c8ccccc8)c7c6)c5cc5c(-c6ccc7c8ccccc8n(-c8ccccc8)c7c6)cccc45)ccc23)cc1. The molecule has 0 N–H and O–H groups in total. The molecule has 2 aromatic heterocycles. The van der Waals surface area contributed by atoms with Gasteiger partial charge in [0.1, 0.15) is 0 Å². The molecular weight excluding hydrogens is 821 g/mol. The molecule has 0 saturated heterocycles. The van der Waals surface area contributed by atoms with Crippen LogP contribution in [0.25, 0.3) is 132 Å². The topological polar surface area (TPSA) is 9.86 Å². The lowest BCUT2D eigenvalue weighted by molar-refractivity contribution is 1.18. The Balaban J connectivity index is 1.05. The average Bonchev–Trinajstić information content (AvgIpc) is 3.92. The maximum absolute atomic E-state index is 2.47. The highest BCUT2D eigenvalue weighted by Gasteiger charge is 2.20. The van der Waals surface area contributed by atoms with E-state index in [2.05, 4.69) is 264 Å². The van der Waals surface area contributed by atoms with Crippen molar-refractivity contribution >= 4 is 75.9 Å². The monoisotopic (exact) mass is 862 g/mol. The fraction of sp³-hybridized carbons (Fsp3) is 0. The zero-order chi connectivity index (χ0) is 44.7. The summed E-state index contributed by atoms with van der Waals surface area (Å²) < 4.78 is 4.84. The van der Waals surface area contributed by atoms with Crippen molar-refractivity contribution in [1.29, 1.82) is 0 Å². The Hall–Kier alpha value is -8.98. The highest BCUT2D eigenvalue weighted by atomic mass is 15.0. The predicted octanol–water partition coefficient (Wildman–Crippen LogP) is 18.0. The van der Waals surface area contributed by atoms with Crippen molar-refractivity contribution in [1.82, 2.24) is 9.13 Å². The molecule has 2 heteroatoms. The van der Waals surface area contributed by atoms with E-state index >= 15 is 0 Å². The Morgan fingerprint density at radius 3 is 1.16 bits per heavy atom. The van der Waals surface area contributed by atoms with E-state index in [0.29, 0.717) is 0 Å². The summed E-state index contributed by atoms with van der Waals surface area (Å²) in [6, 6.07) is 94.0. The molecule has 0 aliphatic rings. The lowest BCUT2D eigenvalue weighted by atomic mass is 9.85. The summed E-state index contributed by atoms with van der Waals surface area (Å²) in [5, 5.41) is 12.4. The highest BCUT2D eigenvalue weighted by molar-refractivity contribution is 6.21. The van der Waals surface area contributed by atoms with E-state index in [9.17, 15) is 0 Å². The summed E-state index contributed by atoms with van der Waals surface area (Å²) in [6.07, 6.45) is 0. The van der Waals surface area contributed by atoms with Crippen LogP contribution in [-0.2, 0) is 0 Å². The number of fused-ring (bicyclic) bond motifs is 9. The van der Waals surface area contributed by atoms with E-state index in [4.69, 9.17) is 0 Å². The molecule has 0 unspecified atom stereocenters. The molecule has 0 spiro atoms. The van der Waals surface area contributed by atoms with Crippen LogP contribution < -0.4 is 0 Å². The summed E-state index contributed by atoms with van der Waals surface area (Å²) >= 11 is 0. The van der Waals surface area contributed by atoms with E-state index < -0.39 is 0 Å². The first-order chi connectivity index (χ1) is 33.7. The molecule has 0 aliphatic heterocycles. The van der Waals surface area contributed by atoms with Crippen molar-refractivity contribution in [2.24, 2.45) is 0 Å². The van der Waals surface area contributed by atoms with Crippen molar-refractivity contribution in [3.63, 3.8) is 0 Å². The number of hydrogen-bond donors (Lipinski definition) is 0. The van der Waals surface area contributed by atoms with Crippen LogP contribution >= 0.6 is 0 Å². The molecule has 0 saturated carbocycles. The minimum absolute atomic E-state index is 1.15. The van der Waals surface area contributed by atoms with Gasteiger partial charge in [-0.05, 0) is 137 Å². The van der Waals surface area contributed by atoms with Gasteiger partial charge < -0.3 is 9.13 Å². The molecule has 0 bridgehead atoms. The van der Waals surface area contributed by atoms with Gasteiger partial charge in [0.25, 0.3) is 0 Å². The Bertz CT molecular complexity index is 4080. The fourth-order valence-electron chi connectivity index (χ4n) is 11.3. The predicted molar refractivity (Wildman–Crippen MR) is 289 cm³/mol. The van der Waals surface area contributed by atoms with Gasteiger partial charge >= 0.3 is 0 Å². The van der Waals surface area contributed by atoms with Gasteiger partial charge in [-0.2, -0.15) is 0 Å². The number of benzene rings is 12. The maximum Gasteiger partial charge on any atom is 0.0547 e. The van der Waals surface area contributed by atoms with E-state index in [1.807, 2.05) is 0 Å². The number of aromatic nitrogens is 2. The van der Waals surface area contributed by atoms with Crippen LogP contribution in [0.5, 0.6) is 0 Å². The average molecular weight is 863 g/mol. The molecule has 316 valence electrons. The third-order valence-corrected chi connectivity index (χ3v) is 14.3. The zero-order valence-electron chi connectivity index (χ0n) is 37.1. The van der Waals surface area contributed by atoms with Crippen molar-refractivity contribution < 1.29 is 0 Å².